The molecule has 1 aromatic rings. The highest BCUT2D eigenvalue weighted by Gasteiger charge is 2.28. The van der Waals surface area contributed by atoms with Crippen LogP contribution < -0.4 is 15.0 Å². The molecule has 0 radical (unpaired) electrons. The molecule has 0 saturated heterocycles. The quantitative estimate of drug-likeness (QED) is 0.177. The van der Waals surface area contributed by atoms with Crippen LogP contribution >= 0.6 is 0 Å². The number of nitrogens with one attached hydrogen (secondary N) is 1. The Balaban J connectivity index is 2.50. The summed E-state index contributed by atoms with van der Waals surface area (Å²) >= 11 is 0. The van der Waals surface area contributed by atoms with E-state index in [9.17, 15) is 10.1 Å². The van der Waals surface area contributed by atoms with E-state index in [0.29, 0.717) is 12.5 Å². The first-order chi connectivity index (χ1) is 19.0. The minimum atomic E-state index is -0.501. The van der Waals surface area contributed by atoms with Crippen molar-refractivity contribution in [2.45, 2.75) is 79.1 Å². The third kappa shape index (κ3) is 8.76. The van der Waals surface area contributed by atoms with Gasteiger partial charge < -0.3 is 15.0 Å². The molecule has 1 unspecified atom stereocenters. The first-order valence-electron chi connectivity index (χ1n) is 14.1. The van der Waals surface area contributed by atoms with Gasteiger partial charge in [-0.1, -0.05) is 72.0 Å². The molecular weight excluding hydrogens is 486 g/mol. The van der Waals surface area contributed by atoms with Crippen molar-refractivity contribution in [1.29, 1.82) is 5.26 Å². The molecule has 2 rings (SSSR count). The second kappa shape index (κ2) is 16.7. The van der Waals surface area contributed by atoms with Crippen molar-refractivity contribution in [3.05, 3.63) is 75.3 Å². The van der Waals surface area contributed by atoms with Crippen LogP contribution in [-0.4, -0.2) is 25.6 Å². The summed E-state index contributed by atoms with van der Waals surface area (Å²) in [5, 5.41) is 11.8. The molecule has 1 amide bonds. The van der Waals surface area contributed by atoms with E-state index in [4.69, 9.17) is 17.9 Å². The van der Waals surface area contributed by atoms with Gasteiger partial charge in [-0.2, -0.15) is 0 Å². The number of anilines is 1. The summed E-state index contributed by atoms with van der Waals surface area (Å²) in [6, 6.07) is 7.94. The minimum Gasteiger partial charge on any atom is -0.493 e. The number of hydrogen-bond donors (Lipinski definition) is 1. The molecule has 1 heterocycles. The van der Waals surface area contributed by atoms with Crippen LogP contribution in [0.25, 0.3) is 15.8 Å². The number of benzene rings is 1. The van der Waals surface area contributed by atoms with E-state index in [2.05, 4.69) is 59.7 Å². The molecule has 7 nitrogen and oxygen atoms in total. The van der Waals surface area contributed by atoms with Crippen LogP contribution in [0.4, 0.5) is 5.69 Å². The second-order valence-electron chi connectivity index (χ2n) is 9.75. The number of carbonyl (C=O) groups is 1. The topological polar surface area (TPSA) is 74.1 Å². The number of unbranched alkanes of at least 4 members (excludes halogenated alkanes) is 3. The number of amides is 1. The Hall–Kier alpha value is -4.02. The molecule has 1 aliphatic heterocycles. The van der Waals surface area contributed by atoms with Crippen LogP contribution in [0.3, 0.4) is 0 Å². The van der Waals surface area contributed by atoms with Crippen LogP contribution in [0.1, 0.15) is 84.6 Å². The zero-order chi connectivity index (χ0) is 28.6. The standard InChI is InChI=1S/C32H41N5O2/c1-7-11-14-24(10-4)23-39-29-21-26(37(19-12-8-2)20-13-9-3)17-15-25(29)16-18-27-30(35-6)31(36-32(27)38)28(22-33)34-5/h15-18,21,24H,7-14,19-20,23H2,1-4H3,(H,36,38)/b18-16+,31-28+. The van der Waals surface area contributed by atoms with Crippen molar-refractivity contribution in [3.8, 4) is 11.8 Å². The number of carbonyl (C=O) groups excluding carboxylic acids is 1. The van der Waals surface area contributed by atoms with E-state index in [1.54, 1.807) is 18.2 Å². The summed E-state index contributed by atoms with van der Waals surface area (Å²) in [7, 11) is 0. The first kappa shape index (κ1) is 31.2. The molecule has 39 heavy (non-hydrogen) atoms. The zero-order valence-electron chi connectivity index (χ0n) is 23.8. The summed E-state index contributed by atoms with van der Waals surface area (Å²) in [5.41, 5.74) is 1.72. The minimum absolute atomic E-state index is 0.0150. The van der Waals surface area contributed by atoms with Gasteiger partial charge in [-0.15, -0.1) is 0 Å². The number of rotatable bonds is 16. The number of hydrogen-bond acceptors (Lipinski definition) is 4. The van der Waals surface area contributed by atoms with Gasteiger partial charge in [-0.25, -0.2) is 15.0 Å². The van der Waals surface area contributed by atoms with E-state index < -0.39 is 5.91 Å². The van der Waals surface area contributed by atoms with E-state index in [-0.39, 0.29) is 22.7 Å². The van der Waals surface area contributed by atoms with Crippen molar-refractivity contribution in [1.82, 2.24) is 5.32 Å². The number of nitrogens with zero attached hydrogens (tertiary/aromatic N) is 4. The number of allylic oxidation sites excluding steroid dienone is 1. The molecule has 0 spiro atoms. The number of ether oxygens (including phenoxy) is 1. The van der Waals surface area contributed by atoms with E-state index in [1.807, 2.05) is 6.07 Å². The maximum Gasteiger partial charge on any atom is 0.274 e. The summed E-state index contributed by atoms with van der Waals surface area (Å²) < 4.78 is 6.43. The van der Waals surface area contributed by atoms with Gasteiger partial charge in [0.25, 0.3) is 5.70 Å². The maximum atomic E-state index is 12.6. The fourth-order valence-corrected chi connectivity index (χ4v) is 4.39. The van der Waals surface area contributed by atoms with Crippen LogP contribution in [-0.2, 0) is 4.79 Å². The largest absolute Gasteiger partial charge is 0.493 e. The summed E-state index contributed by atoms with van der Waals surface area (Å²) in [5.74, 6) is 0.706. The molecule has 206 valence electrons. The van der Waals surface area contributed by atoms with Crippen LogP contribution in [0.15, 0.2) is 46.9 Å². The van der Waals surface area contributed by atoms with Gasteiger partial charge in [0.2, 0.25) is 11.6 Å². The van der Waals surface area contributed by atoms with Gasteiger partial charge >= 0.3 is 0 Å². The van der Waals surface area contributed by atoms with E-state index in [1.165, 1.54) is 6.42 Å². The van der Waals surface area contributed by atoms with Crippen molar-refractivity contribution in [3.63, 3.8) is 0 Å². The maximum absolute atomic E-state index is 12.6. The molecule has 1 atom stereocenters. The average Bonchev–Trinajstić information content (AvgIpc) is 3.27. The Morgan fingerprint density at radius 3 is 2.36 bits per heavy atom. The Morgan fingerprint density at radius 1 is 1.10 bits per heavy atom. The fraction of sp³-hybridized carbons (Fsp3) is 0.500. The van der Waals surface area contributed by atoms with Crippen LogP contribution in [0.5, 0.6) is 5.75 Å². The van der Waals surface area contributed by atoms with Gasteiger partial charge in [0.1, 0.15) is 5.75 Å². The lowest BCUT2D eigenvalue weighted by molar-refractivity contribution is -0.115. The van der Waals surface area contributed by atoms with Crippen LogP contribution in [0.2, 0.25) is 0 Å². The lowest BCUT2D eigenvalue weighted by atomic mass is 10.0. The third-order valence-electron chi connectivity index (χ3n) is 6.91. The van der Waals surface area contributed by atoms with Gasteiger partial charge in [0.05, 0.1) is 31.5 Å². The SMILES string of the molecule is [C-]#[N+]C1=C(/C=C/c2ccc(N(CCCC)CCCC)cc2OCC(CC)CCCC)C(=O)N/C1=C(\C#N)[N+]#[C-]. The van der Waals surface area contributed by atoms with Crippen LogP contribution in [0, 0.1) is 30.4 Å². The Labute approximate surface area is 234 Å². The molecule has 7 heteroatoms. The highest BCUT2D eigenvalue weighted by molar-refractivity contribution is 6.04. The molecule has 0 fully saturated rings. The molecule has 0 aromatic heterocycles. The predicted molar refractivity (Wildman–Crippen MR) is 157 cm³/mol. The van der Waals surface area contributed by atoms with E-state index in [0.717, 1.165) is 75.0 Å². The molecule has 1 N–H and O–H groups in total. The van der Waals surface area contributed by atoms with Crippen molar-refractivity contribution in [2.75, 3.05) is 24.6 Å². The Kier molecular flexibility index (Phi) is 13.4. The Morgan fingerprint density at radius 2 is 1.79 bits per heavy atom. The highest BCUT2D eigenvalue weighted by Crippen LogP contribution is 2.31. The fourth-order valence-electron chi connectivity index (χ4n) is 4.39. The van der Waals surface area contributed by atoms with Crippen molar-refractivity contribution < 1.29 is 9.53 Å². The summed E-state index contributed by atoms with van der Waals surface area (Å²) in [6.07, 6.45) is 12.3. The molecule has 0 bridgehead atoms. The van der Waals surface area contributed by atoms with Gasteiger partial charge in [0, 0.05) is 36.0 Å². The first-order valence-corrected chi connectivity index (χ1v) is 14.1. The van der Waals surface area contributed by atoms with Gasteiger partial charge in [-0.3, -0.25) is 4.79 Å². The molecular formula is C32H41N5O2. The Bertz CT molecular complexity index is 1180. The predicted octanol–water partition coefficient (Wildman–Crippen LogP) is 7.66. The smallest absolute Gasteiger partial charge is 0.274 e. The lowest BCUT2D eigenvalue weighted by Crippen LogP contribution is -2.25. The summed E-state index contributed by atoms with van der Waals surface area (Å²) in [4.78, 5) is 21.7. The lowest BCUT2D eigenvalue weighted by Gasteiger charge is -2.26. The molecule has 0 saturated carbocycles. The van der Waals surface area contributed by atoms with E-state index >= 15 is 0 Å². The monoisotopic (exact) mass is 527 g/mol. The number of nitriles is 1. The van der Waals surface area contributed by atoms with Crippen molar-refractivity contribution in [2.24, 2.45) is 5.92 Å². The van der Waals surface area contributed by atoms with Gasteiger partial charge in [-0.05, 0) is 37.3 Å². The normalized spacial score (nSPS) is 14.9. The third-order valence-corrected chi connectivity index (χ3v) is 6.91. The van der Waals surface area contributed by atoms with Gasteiger partial charge in [0.15, 0.2) is 0 Å². The molecule has 0 aliphatic carbocycles. The average molecular weight is 528 g/mol. The zero-order valence-corrected chi connectivity index (χ0v) is 23.8. The van der Waals surface area contributed by atoms with Crippen molar-refractivity contribution >= 4 is 17.7 Å². The molecule has 1 aliphatic rings. The summed E-state index contributed by atoms with van der Waals surface area (Å²) in [6.45, 7) is 26.1. The second-order valence-corrected chi connectivity index (χ2v) is 9.75. The molecule has 1 aromatic carbocycles. The highest BCUT2D eigenvalue weighted by atomic mass is 16.5.